The summed E-state index contributed by atoms with van der Waals surface area (Å²) in [5, 5.41) is 2.17. The number of rotatable bonds is 6. The predicted molar refractivity (Wildman–Crippen MR) is 101 cm³/mol. The van der Waals surface area contributed by atoms with Crippen LogP contribution >= 0.6 is 23.2 Å². The van der Waals surface area contributed by atoms with Crippen molar-refractivity contribution in [3.63, 3.8) is 0 Å². The van der Waals surface area contributed by atoms with Crippen molar-refractivity contribution in [3.05, 3.63) is 59.7 Å². The van der Waals surface area contributed by atoms with Crippen LogP contribution in [0.5, 0.6) is 5.75 Å². The molecule has 0 bridgehead atoms. The molecule has 0 spiro atoms. The lowest BCUT2D eigenvalue weighted by Crippen LogP contribution is -2.32. The number of halogens is 6. The fraction of sp³-hybridized carbons (Fsp3) is 0.222. The first-order valence-corrected chi connectivity index (χ1v) is 8.93. The number of hydrogen-bond acceptors (Lipinski definition) is 3. The molecule has 5 nitrogen and oxygen atoms in total. The number of urea groups is 1. The zero-order chi connectivity index (χ0) is 21.6. The minimum absolute atomic E-state index is 0.0430. The van der Waals surface area contributed by atoms with Gasteiger partial charge in [0.25, 0.3) is 0 Å². The van der Waals surface area contributed by atoms with Gasteiger partial charge in [0.2, 0.25) is 10.7 Å². The fourth-order valence-corrected chi connectivity index (χ4v) is 2.17. The van der Waals surface area contributed by atoms with Crippen LogP contribution in [0.2, 0.25) is 0 Å². The summed E-state index contributed by atoms with van der Waals surface area (Å²) in [6.45, 7) is 1.48. The van der Waals surface area contributed by atoms with Gasteiger partial charge in [-0.25, -0.2) is 13.6 Å². The van der Waals surface area contributed by atoms with Gasteiger partial charge in [0, 0.05) is 0 Å². The zero-order valence-electron chi connectivity index (χ0n) is 14.8. The average molecular weight is 453 g/mol. The molecule has 0 saturated heterocycles. The SMILES string of the molecule is CCO/C(=N\C(=O)Nc1ccccc1OC(F)(F)C(Cl)Cl)c1c(F)cccc1F. The first-order chi connectivity index (χ1) is 13.7. The van der Waals surface area contributed by atoms with E-state index in [1.54, 1.807) is 0 Å². The van der Waals surface area contributed by atoms with Crippen LogP contribution in [0.4, 0.5) is 28.0 Å². The van der Waals surface area contributed by atoms with Crippen LogP contribution in [0.1, 0.15) is 12.5 Å². The van der Waals surface area contributed by atoms with Crippen molar-refractivity contribution >= 4 is 40.8 Å². The molecule has 0 radical (unpaired) electrons. The maximum Gasteiger partial charge on any atom is 0.428 e. The minimum atomic E-state index is -3.94. The van der Waals surface area contributed by atoms with E-state index in [9.17, 15) is 22.4 Å². The molecule has 2 amide bonds. The highest BCUT2D eigenvalue weighted by Gasteiger charge is 2.40. The largest absolute Gasteiger partial charge is 0.477 e. The quantitative estimate of drug-likeness (QED) is 0.262. The van der Waals surface area contributed by atoms with E-state index in [0.29, 0.717) is 0 Å². The maximum atomic E-state index is 14.0. The molecule has 29 heavy (non-hydrogen) atoms. The van der Waals surface area contributed by atoms with Gasteiger partial charge in [-0.05, 0) is 31.2 Å². The molecule has 0 saturated carbocycles. The molecule has 1 N–H and O–H groups in total. The minimum Gasteiger partial charge on any atom is -0.477 e. The molecule has 2 aromatic carbocycles. The van der Waals surface area contributed by atoms with Crippen molar-refractivity contribution in [2.75, 3.05) is 11.9 Å². The molecule has 11 heteroatoms. The van der Waals surface area contributed by atoms with Crippen molar-refractivity contribution in [3.8, 4) is 5.75 Å². The Bertz CT molecular complexity index is 890. The van der Waals surface area contributed by atoms with Gasteiger partial charge >= 0.3 is 12.1 Å². The van der Waals surface area contributed by atoms with E-state index in [0.717, 1.165) is 24.3 Å². The number of aliphatic imine (C=N–C) groups is 1. The summed E-state index contributed by atoms with van der Waals surface area (Å²) in [4.78, 5) is 13.6. The van der Waals surface area contributed by atoms with Gasteiger partial charge in [0.1, 0.15) is 22.9 Å². The monoisotopic (exact) mass is 452 g/mol. The van der Waals surface area contributed by atoms with Gasteiger partial charge in [-0.2, -0.15) is 13.8 Å². The van der Waals surface area contributed by atoms with Gasteiger partial charge in [-0.3, -0.25) is 0 Å². The van der Waals surface area contributed by atoms with Crippen LogP contribution in [0.15, 0.2) is 47.5 Å². The third-order valence-corrected chi connectivity index (χ3v) is 3.80. The number of hydrogen-bond donors (Lipinski definition) is 1. The van der Waals surface area contributed by atoms with E-state index in [2.05, 4.69) is 15.0 Å². The normalized spacial score (nSPS) is 12.1. The second-order valence-corrected chi connectivity index (χ2v) is 6.43. The van der Waals surface area contributed by atoms with E-state index < -0.39 is 45.8 Å². The predicted octanol–water partition coefficient (Wildman–Crippen LogP) is 5.76. The summed E-state index contributed by atoms with van der Waals surface area (Å²) in [5.74, 6) is -3.07. The summed E-state index contributed by atoms with van der Waals surface area (Å²) in [5.41, 5.74) is -0.854. The van der Waals surface area contributed by atoms with Crippen molar-refractivity contribution in [2.45, 2.75) is 17.9 Å². The first kappa shape index (κ1) is 22.8. The van der Waals surface area contributed by atoms with Crippen LogP contribution in [-0.4, -0.2) is 29.5 Å². The van der Waals surface area contributed by atoms with Gasteiger partial charge in [-0.1, -0.05) is 41.4 Å². The number of amides is 2. The Morgan fingerprint density at radius 2 is 1.76 bits per heavy atom. The van der Waals surface area contributed by atoms with E-state index in [1.807, 2.05) is 0 Å². The number of alkyl halides is 4. The number of benzene rings is 2. The fourth-order valence-electron chi connectivity index (χ4n) is 2.08. The third-order valence-electron chi connectivity index (χ3n) is 3.29. The molecule has 156 valence electrons. The number of anilines is 1. The lowest BCUT2D eigenvalue weighted by atomic mass is 10.2. The maximum absolute atomic E-state index is 14.0. The molecule has 0 fully saturated rings. The van der Waals surface area contributed by atoms with E-state index >= 15 is 0 Å². The van der Waals surface area contributed by atoms with E-state index in [4.69, 9.17) is 27.9 Å². The second kappa shape index (κ2) is 9.80. The first-order valence-electron chi connectivity index (χ1n) is 8.06. The molecule has 0 aliphatic carbocycles. The standard InChI is InChI=1S/C18H14Cl2F4N2O3/c1-2-28-15(14-10(21)6-5-7-11(14)22)26-17(27)25-12-8-3-4-9-13(12)29-18(23,24)16(19)20/h3-9,16H,2H2,1H3,(H,25,27)/b26-15-. The van der Waals surface area contributed by atoms with E-state index in [-0.39, 0.29) is 12.3 Å². The number of nitrogens with one attached hydrogen (secondary N) is 1. The molecule has 0 aliphatic heterocycles. The van der Waals surface area contributed by atoms with Crippen molar-refractivity contribution in [2.24, 2.45) is 4.99 Å². The van der Waals surface area contributed by atoms with E-state index in [1.165, 1.54) is 25.1 Å². The Morgan fingerprint density at radius 3 is 2.34 bits per heavy atom. The molecule has 0 unspecified atom stereocenters. The number of carbonyl (C=O) groups is 1. The highest BCUT2D eigenvalue weighted by atomic mass is 35.5. The van der Waals surface area contributed by atoms with Crippen LogP contribution in [0.25, 0.3) is 0 Å². The van der Waals surface area contributed by atoms with Crippen LogP contribution in [0.3, 0.4) is 0 Å². The molecule has 2 aromatic rings. The summed E-state index contributed by atoms with van der Waals surface area (Å²) >= 11 is 10.3. The lowest BCUT2D eigenvalue weighted by molar-refractivity contribution is -0.163. The average Bonchev–Trinajstić information content (AvgIpc) is 2.63. The molecule has 0 heterocycles. The Morgan fingerprint density at radius 1 is 1.14 bits per heavy atom. The van der Waals surface area contributed by atoms with Crippen LogP contribution in [-0.2, 0) is 4.74 Å². The Labute approximate surface area is 173 Å². The Kier molecular flexibility index (Phi) is 7.69. The second-order valence-electron chi connectivity index (χ2n) is 5.34. The molecule has 0 aromatic heterocycles. The number of ether oxygens (including phenoxy) is 2. The summed E-state index contributed by atoms with van der Waals surface area (Å²) in [7, 11) is 0. The highest BCUT2D eigenvalue weighted by Crippen LogP contribution is 2.34. The van der Waals surface area contributed by atoms with Gasteiger partial charge in [-0.15, -0.1) is 0 Å². The smallest absolute Gasteiger partial charge is 0.428 e. The zero-order valence-corrected chi connectivity index (χ0v) is 16.3. The van der Waals surface area contributed by atoms with Crippen LogP contribution in [0, 0.1) is 11.6 Å². The molecule has 2 rings (SSSR count). The third kappa shape index (κ3) is 5.98. The van der Waals surface area contributed by atoms with Gasteiger partial charge in [0.15, 0.2) is 0 Å². The molecular formula is C18H14Cl2F4N2O3. The summed E-state index contributed by atoms with van der Waals surface area (Å²) in [6, 6.07) is 7.06. The number of nitrogens with zero attached hydrogens (tertiary/aromatic N) is 1. The number of carbonyl (C=O) groups excluding carboxylic acids is 1. The van der Waals surface area contributed by atoms with Gasteiger partial charge in [0.05, 0.1) is 12.3 Å². The molecular weight excluding hydrogens is 439 g/mol. The highest BCUT2D eigenvalue weighted by molar-refractivity contribution is 6.44. The van der Waals surface area contributed by atoms with Crippen molar-refractivity contribution in [1.82, 2.24) is 0 Å². The number of para-hydroxylation sites is 2. The van der Waals surface area contributed by atoms with Crippen molar-refractivity contribution in [1.29, 1.82) is 0 Å². The topological polar surface area (TPSA) is 59.9 Å². The van der Waals surface area contributed by atoms with Crippen LogP contribution < -0.4 is 10.1 Å². The van der Waals surface area contributed by atoms with Crippen molar-refractivity contribution < 1.29 is 31.8 Å². The molecule has 0 atom stereocenters. The summed E-state index contributed by atoms with van der Waals surface area (Å²) < 4.78 is 64.7. The Balaban J connectivity index is 2.31. The summed E-state index contributed by atoms with van der Waals surface area (Å²) in [6.07, 6.45) is -3.94. The lowest BCUT2D eigenvalue weighted by Gasteiger charge is -2.20. The Hall–Kier alpha value is -2.52. The molecule has 0 aliphatic rings. The van der Waals surface area contributed by atoms with Gasteiger partial charge < -0.3 is 14.8 Å².